The van der Waals surface area contributed by atoms with Crippen molar-refractivity contribution in [3.8, 4) is 0 Å². The van der Waals surface area contributed by atoms with E-state index >= 15 is 0 Å². The minimum absolute atomic E-state index is 0.239. The lowest BCUT2D eigenvalue weighted by atomic mass is 9.96. The Balaban J connectivity index is 1.60. The van der Waals surface area contributed by atoms with Gasteiger partial charge >= 0.3 is 5.97 Å². The van der Waals surface area contributed by atoms with E-state index in [0.29, 0.717) is 31.4 Å². The predicted octanol–water partition coefficient (Wildman–Crippen LogP) is 4.42. The first kappa shape index (κ1) is 24.6. The summed E-state index contributed by atoms with van der Waals surface area (Å²) in [5.41, 5.74) is 1.38. The molecule has 188 valence electrons. The average Bonchev–Trinajstić information content (AvgIpc) is 3.43. The number of esters is 1. The van der Waals surface area contributed by atoms with Gasteiger partial charge in [0.1, 0.15) is 5.76 Å². The molecule has 2 aliphatic rings. The molecule has 7 nitrogen and oxygen atoms in total. The van der Waals surface area contributed by atoms with E-state index in [2.05, 4.69) is 9.89 Å². The van der Waals surface area contributed by atoms with Crippen molar-refractivity contribution >= 4 is 40.9 Å². The smallest absolute Gasteiger partial charge is 0.338 e. The van der Waals surface area contributed by atoms with E-state index in [1.807, 2.05) is 24.3 Å². The van der Waals surface area contributed by atoms with E-state index < -0.39 is 12.0 Å². The Morgan fingerprint density at radius 2 is 1.89 bits per heavy atom. The number of carbonyl (C=O) groups excluding carboxylic acids is 1. The van der Waals surface area contributed by atoms with Gasteiger partial charge in [-0.15, -0.1) is 0 Å². The number of ether oxygens (including phenoxy) is 1. The predicted molar refractivity (Wildman–Crippen MR) is 141 cm³/mol. The number of rotatable bonds is 5. The Hall–Kier alpha value is -3.10. The molecule has 1 atom stereocenters. The highest BCUT2D eigenvalue weighted by Crippen LogP contribution is 2.31. The Bertz CT molecular complexity index is 1490. The maximum absolute atomic E-state index is 13.7. The summed E-state index contributed by atoms with van der Waals surface area (Å²) in [6.45, 7) is 7.31. The van der Waals surface area contributed by atoms with Crippen LogP contribution in [0.25, 0.3) is 6.08 Å². The van der Waals surface area contributed by atoms with Gasteiger partial charge in [0.05, 0.1) is 27.9 Å². The quantitative estimate of drug-likeness (QED) is 0.461. The fraction of sp³-hybridized carbons (Fsp3) is 0.370. The molecule has 1 saturated heterocycles. The van der Waals surface area contributed by atoms with Gasteiger partial charge in [-0.2, -0.15) is 0 Å². The van der Waals surface area contributed by atoms with Crippen molar-refractivity contribution < 1.29 is 13.9 Å². The molecule has 9 heteroatoms. The molecule has 0 unspecified atom stereocenters. The van der Waals surface area contributed by atoms with E-state index in [4.69, 9.17) is 20.8 Å². The summed E-state index contributed by atoms with van der Waals surface area (Å²) in [6, 6.07) is 10.3. The SMILES string of the molecule is CC1=C(C(=O)OC(C)C)[C@@H](c2ccc(Cl)cc2)n2c(s/c(=C\c3ccc(N4CCCCC4)o3)c2=O)=N1. The van der Waals surface area contributed by atoms with E-state index in [9.17, 15) is 9.59 Å². The average molecular weight is 526 g/mol. The summed E-state index contributed by atoms with van der Waals surface area (Å²) in [5.74, 6) is 0.944. The number of nitrogens with zero attached hydrogens (tertiary/aromatic N) is 3. The zero-order valence-electron chi connectivity index (χ0n) is 20.5. The number of hydrogen-bond donors (Lipinski definition) is 0. The molecular weight excluding hydrogens is 498 g/mol. The summed E-state index contributed by atoms with van der Waals surface area (Å²) >= 11 is 7.40. The Labute approximate surface area is 218 Å². The third-order valence-corrected chi connectivity index (χ3v) is 7.56. The highest BCUT2D eigenvalue weighted by Gasteiger charge is 2.33. The molecule has 4 heterocycles. The fourth-order valence-corrected chi connectivity index (χ4v) is 5.81. The number of piperidine rings is 1. The molecule has 0 aliphatic carbocycles. The molecule has 2 aromatic heterocycles. The number of carbonyl (C=O) groups is 1. The van der Waals surface area contributed by atoms with Crippen LogP contribution in [-0.2, 0) is 9.53 Å². The van der Waals surface area contributed by atoms with Gasteiger partial charge in [0, 0.05) is 30.3 Å². The van der Waals surface area contributed by atoms with Crippen molar-refractivity contribution in [3.05, 3.63) is 83.7 Å². The van der Waals surface area contributed by atoms with Crippen LogP contribution in [0.5, 0.6) is 0 Å². The van der Waals surface area contributed by atoms with Crippen LogP contribution in [-0.4, -0.2) is 29.7 Å². The highest BCUT2D eigenvalue weighted by atomic mass is 35.5. The van der Waals surface area contributed by atoms with Crippen LogP contribution < -0.4 is 19.8 Å². The van der Waals surface area contributed by atoms with Gasteiger partial charge in [-0.3, -0.25) is 9.36 Å². The molecule has 3 aromatic rings. The number of thiazole rings is 1. The first-order chi connectivity index (χ1) is 17.3. The molecular formula is C27H28ClN3O4S. The second kappa shape index (κ2) is 10.1. The zero-order chi connectivity index (χ0) is 25.4. The lowest BCUT2D eigenvalue weighted by Gasteiger charge is -2.25. The minimum atomic E-state index is -0.674. The first-order valence-corrected chi connectivity index (χ1v) is 13.3. The van der Waals surface area contributed by atoms with Crippen molar-refractivity contribution in [3.63, 3.8) is 0 Å². The van der Waals surface area contributed by atoms with Crippen LogP contribution in [0.4, 0.5) is 5.88 Å². The third kappa shape index (κ3) is 4.80. The van der Waals surface area contributed by atoms with Gasteiger partial charge in [-0.05, 0) is 63.8 Å². The Morgan fingerprint density at radius 1 is 1.17 bits per heavy atom. The second-order valence-electron chi connectivity index (χ2n) is 9.31. The topological polar surface area (TPSA) is 77.0 Å². The molecule has 2 aliphatic heterocycles. The van der Waals surface area contributed by atoms with E-state index in [1.165, 1.54) is 17.8 Å². The number of fused-ring (bicyclic) bond motifs is 1. The standard InChI is InChI=1S/C27H28ClN3O4S/c1-16(2)34-26(33)23-17(3)29-27-31(24(23)18-7-9-19(28)10-8-18)25(32)21(36-27)15-20-11-12-22(35-20)30-13-5-4-6-14-30/h7-12,15-16,24H,4-6,13-14H2,1-3H3/b21-15-/t24-/m1/s1. The highest BCUT2D eigenvalue weighted by molar-refractivity contribution is 7.07. The van der Waals surface area contributed by atoms with E-state index in [-0.39, 0.29) is 11.7 Å². The molecule has 0 spiro atoms. The third-order valence-electron chi connectivity index (χ3n) is 6.32. The monoisotopic (exact) mass is 525 g/mol. The van der Waals surface area contributed by atoms with Crippen LogP contribution in [0, 0.1) is 0 Å². The molecule has 1 aromatic carbocycles. The van der Waals surface area contributed by atoms with Crippen molar-refractivity contribution in [2.45, 2.75) is 52.2 Å². The summed E-state index contributed by atoms with van der Waals surface area (Å²) in [6.07, 6.45) is 5.00. The lowest BCUT2D eigenvalue weighted by molar-refractivity contribution is -0.143. The normalized spacial score (nSPS) is 18.4. The molecule has 36 heavy (non-hydrogen) atoms. The van der Waals surface area contributed by atoms with Gasteiger partial charge in [-0.25, -0.2) is 9.79 Å². The Kier molecular flexibility index (Phi) is 6.90. The molecule has 0 radical (unpaired) electrons. The van der Waals surface area contributed by atoms with Crippen molar-refractivity contribution in [1.29, 1.82) is 0 Å². The zero-order valence-corrected chi connectivity index (χ0v) is 22.1. The number of allylic oxidation sites excluding steroid dienone is 1. The molecule has 5 rings (SSSR count). The van der Waals surface area contributed by atoms with Crippen molar-refractivity contribution in [2.24, 2.45) is 4.99 Å². The van der Waals surface area contributed by atoms with Crippen LogP contribution >= 0.6 is 22.9 Å². The maximum atomic E-state index is 13.7. The van der Waals surface area contributed by atoms with Gasteiger partial charge in [0.25, 0.3) is 5.56 Å². The number of benzene rings is 1. The largest absolute Gasteiger partial charge is 0.459 e. The number of furan rings is 1. The molecule has 0 saturated carbocycles. The van der Waals surface area contributed by atoms with Gasteiger partial charge < -0.3 is 14.1 Å². The van der Waals surface area contributed by atoms with Crippen molar-refractivity contribution in [2.75, 3.05) is 18.0 Å². The second-order valence-corrected chi connectivity index (χ2v) is 10.8. The summed E-state index contributed by atoms with van der Waals surface area (Å²) in [4.78, 5) is 34.2. The number of aromatic nitrogens is 1. The molecule has 0 amide bonds. The van der Waals surface area contributed by atoms with Crippen molar-refractivity contribution in [1.82, 2.24) is 4.57 Å². The maximum Gasteiger partial charge on any atom is 0.338 e. The molecule has 1 fully saturated rings. The summed E-state index contributed by atoms with van der Waals surface area (Å²) in [5, 5.41) is 0.570. The minimum Gasteiger partial charge on any atom is -0.459 e. The van der Waals surface area contributed by atoms with E-state index in [0.717, 1.165) is 37.4 Å². The molecule has 0 N–H and O–H groups in total. The Morgan fingerprint density at radius 3 is 2.58 bits per heavy atom. The molecule has 0 bridgehead atoms. The summed E-state index contributed by atoms with van der Waals surface area (Å²) in [7, 11) is 0. The van der Waals surface area contributed by atoms with Gasteiger partial charge in [0.15, 0.2) is 10.7 Å². The number of hydrogen-bond acceptors (Lipinski definition) is 7. The van der Waals surface area contributed by atoms with Gasteiger partial charge in [0.2, 0.25) is 0 Å². The van der Waals surface area contributed by atoms with Crippen LogP contribution in [0.3, 0.4) is 0 Å². The van der Waals surface area contributed by atoms with Crippen LogP contribution in [0.15, 0.2) is 61.9 Å². The number of anilines is 1. The van der Waals surface area contributed by atoms with Crippen LogP contribution in [0.2, 0.25) is 5.02 Å². The van der Waals surface area contributed by atoms with Crippen LogP contribution in [0.1, 0.15) is 57.4 Å². The first-order valence-electron chi connectivity index (χ1n) is 12.2. The summed E-state index contributed by atoms with van der Waals surface area (Å²) < 4.78 is 13.6. The lowest BCUT2D eigenvalue weighted by Crippen LogP contribution is -2.40. The fourth-order valence-electron chi connectivity index (χ4n) is 4.65. The van der Waals surface area contributed by atoms with Gasteiger partial charge in [-0.1, -0.05) is 35.1 Å². The van der Waals surface area contributed by atoms with E-state index in [1.54, 1.807) is 43.5 Å². The number of halogens is 1.